The lowest BCUT2D eigenvalue weighted by Gasteiger charge is -2.17. The number of nitrogens with zero attached hydrogens (tertiary/aromatic N) is 4. The van der Waals surface area contributed by atoms with E-state index in [1.807, 2.05) is 17.9 Å². The second-order valence-electron chi connectivity index (χ2n) is 8.46. The van der Waals surface area contributed by atoms with Crippen molar-refractivity contribution >= 4 is 32.9 Å². The van der Waals surface area contributed by atoms with Gasteiger partial charge < -0.3 is 14.4 Å². The normalized spacial score (nSPS) is 16.5. The minimum Gasteiger partial charge on any atom is -0.467 e. The molecule has 3 heterocycles. The van der Waals surface area contributed by atoms with Crippen LogP contribution in [0.4, 0.5) is 13.2 Å². The van der Waals surface area contributed by atoms with Gasteiger partial charge in [0.2, 0.25) is 5.91 Å². The van der Waals surface area contributed by atoms with Crippen LogP contribution in [-0.4, -0.2) is 52.1 Å². The van der Waals surface area contributed by atoms with Crippen LogP contribution in [0.2, 0.25) is 0 Å². The lowest BCUT2D eigenvalue weighted by molar-refractivity contribution is -0.137. The van der Waals surface area contributed by atoms with Gasteiger partial charge in [0.15, 0.2) is 12.4 Å². The smallest absolute Gasteiger partial charge is 0.416 e. The molecule has 1 fully saturated rings. The first-order valence-electron chi connectivity index (χ1n) is 11.4. The standard InChI is InChI=1S/C24H26BrF3N4O3/c1-4-31-11-15(9-20(31)33)12-32-22(25)17-6-7-18(29-23(17)30-32)21-14(3)8-16(24(26,27)28)10-19(21)35-13-34-5-2/h6-8,10,15H,4-5,9,11-13H2,1-3H3. The van der Waals surface area contributed by atoms with Crippen LogP contribution in [0.5, 0.6) is 5.75 Å². The van der Waals surface area contributed by atoms with Gasteiger partial charge in [-0.1, -0.05) is 0 Å². The number of aromatic nitrogens is 3. The number of halogens is 4. The summed E-state index contributed by atoms with van der Waals surface area (Å²) in [4.78, 5) is 18.6. The third-order valence-corrected chi connectivity index (χ3v) is 6.87. The van der Waals surface area contributed by atoms with E-state index < -0.39 is 11.7 Å². The molecule has 0 radical (unpaired) electrons. The Kier molecular flexibility index (Phi) is 7.37. The fourth-order valence-corrected chi connectivity index (χ4v) is 4.85. The Morgan fingerprint density at radius 1 is 1.23 bits per heavy atom. The molecule has 1 saturated heterocycles. The number of carbonyl (C=O) groups excluding carboxylic acids is 1. The number of alkyl halides is 3. The molecule has 1 unspecified atom stereocenters. The topological polar surface area (TPSA) is 69.5 Å². The van der Waals surface area contributed by atoms with E-state index in [0.29, 0.717) is 55.1 Å². The van der Waals surface area contributed by atoms with Gasteiger partial charge in [-0.25, -0.2) is 4.98 Å². The van der Waals surface area contributed by atoms with Crippen LogP contribution in [0.1, 0.15) is 31.4 Å². The van der Waals surface area contributed by atoms with Crippen molar-refractivity contribution in [1.82, 2.24) is 19.7 Å². The molecule has 7 nitrogen and oxygen atoms in total. The third-order valence-electron chi connectivity index (χ3n) is 6.03. The molecule has 0 bridgehead atoms. The molecule has 188 valence electrons. The fraction of sp³-hybridized carbons (Fsp3) is 0.458. The third kappa shape index (κ3) is 5.30. The second-order valence-corrected chi connectivity index (χ2v) is 9.21. The molecule has 1 aromatic carbocycles. The second kappa shape index (κ2) is 10.1. The number of aryl methyl sites for hydroxylation is 1. The van der Waals surface area contributed by atoms with Crippen molar-refractivity contribution in [2.45, 2.75) is 39.9 Å². The van der Waals surface area contributed by atoms with Crippen LogP contribution < -0.4 is 4.74 Å². The van der Waals surface area contributed by atoms with E-state index >= 15 is 0 Å². The first kappa shape index (κ1) is 25.4. The van der Waals surface area contributed by atoms with Crippen LogP contribution in [0, 0.1) is 12.8 Å². The van der Waals surface area contributed by atoms with Gasteiger partial charge in [0.1, 0.15) is 10.4 Å². The van der Waals surface area contributed by atoms with E-state index in [4.69, 9.17) is 9.47 Å². The zero-order valence-corrected chi connectivity index (χ0v) is 21.2. The highest BCUT2D eigenvalue weighted by molar-refractivity contribution is 9.10. The maximum atomic E-state index is 13.4. The molecule has 1 aliphatic rings. The first-order valence-corrected chi connectivity index (χ1v) is 12.1. The van der Waals surface area contributed by atoms with Crippen molar-refractivity contribution in [3.8, 4) is 17.0 Å². The number of hydrogen-bond donors (Lipinski definition) is 0. The Hall–Kier alpha value is -2.66. The summed E-state index contributed by atoms with van der Waals surface area (Å²) in [5.74, 6) is 0.326. The summed E-state index contributed by atoms with van der Waals surface area (Å²) >= 11 is 3.59. The van der Waals surface area contributed by atoms with Crippen molar-refractivity contribution in [3.05, 3.63) is 40.0 Å². The molecular formula is C24H26BrF3N4O3. The van der Waals surface area contributed by atoms with Gasteiger partial charge in [0.05, 0.1) is 16.6 Å². The number of carbonyl (C=O) groups is 1. The van der Waals surface area contributed by atoms with Gasteiger partial charge in [0, 0.05) is 44.1 Å². The lowest BCUT2D eigenvalue weighted by Crippen LogP contribution is -2.25. The molecule has 0 spiro atoms. The predicted molar refractivity (Wildman–Crippen MR) is 128 cm³/mol. The van der Waals surface area contributed by atoms with Gasteiger partial charge in [0.25, 0.3) is 0 Å². The minimum atomic E-state index is -4.51. The number of likely N-dealkylation sites (tertiary alicyclic amines) is 1. The molecule has 2 aromatic heterocycles. The first-order chi connectivity index (χ1) is 16.6. The molecule has 1 atom stereocenters. The summed E-state index contributed by atoms with van der Waals surface area (Å²) in [6.07, 6.45) is -4.04. The number of ether oxygens (including phenoxy) is 2. The molecule has 1 aliphatic heterocycles. The summed E-state index contributed by atoms with van der Waals surface area (Å²) in [5.41, 5.74) is 0.915. The summed E-state index contributed by atoms with van der Waals surface area (Å²) in [7, 11) is 0. The zero-order valence-electron chi connectivity index (χ0n) is 19.7. The Balaban J connectivity index is 1.70. The minimum absolute atomic E-state index is 0.0419. The quantitative estimate of drug-likeness (QED) is 0.274. The molecule has 11 heteroatoms. The number of pyridine rings is 1. The van der Waals surface area contributed by atoms with Gasteiger partial charge >= 0.3 is 6.18 Å². The highest BCUT2D eigenvalue weighted by Gasteiger charge is 2.33. The molecular weight excluding hydrogens is 529 g/mol. The van der Waals surface area contributed by atoms with Gasteiger partial charge in [-0.05, 0) is 66.5 Å². The fourth-order valence-electron chi connectivity index (χ4n) is 4.32. The van der Waals surface area contributed by atoms with Crippen molar-refractivity contribution < 1.29 is 27.4 Å². The number of rotatable bonds is 8. The van der Waals surface area contributed by atoms with Crippen LogP contribution in [0.25, 0.3) is 22.3 Å². The highest BCUT2D eigenvalue weighted by Crippen LogP contribution is 2.40. The Labute approximate surface area is 209 Å². The number of hydrogen-bond acceptors (Lipinski definition) is 5. The average molecular weight is 555 g/mol. The molecule has 35 heavy (non-hydrogen) atoms. The molecule has 4 rings (SSSR count). The van der Waals surface area contributed by atoms with Crippen molar-refractivity contribution in [3.63, 3.8) is 0 Å². The molecule has 0 aliphatic carbocycles. The lowest BCUT2D eigenvalue weighted by atomic mass is 10.00. The summed E-state index contributed by atoms with van der Waals surface area (Å²) < 4.78 is 53.6. The summed E-state index contributed by atoms with van der Waals surface area (Å²) in [6.45, 7) is 7.43. The average Bonchev–Trinajstić information content (AvgIpc) is 3.31. The maximum absolute atomic E-state index is 13.4. The Morgan fingerprint density at radius 2 is 2.00 bits per heavy atom. The highest BCUT2D eigenvalue weighted by atomic mass is 79.9. The van der Waals surface area contributed by atoms with E-state index in [1.54, 1.807) is 24.6 Å². The molecule has 0 saturated carbocycles. The van der Waals surface area contributed by atoms with E-state index in [9.17, 15) is 18.0 Å². The van der Waals surface area contributed by atoms with E-state index in [1.165, 1.54) is 0 Å². The van der Waals surface area contributed by atoms with Crippen LogP contribution in [0.3, 0.4) is 0 Å². The monoisotopic (exact) mass is 554 g/mol. The predicted octanol–water partition coefficient (Wildman–Crippen LogP) is 5.43. The Bertz CT molecular complexity index is 1240. The molecule has 0 N–H and O–H groups in total. The van der Waals surface area contributed by atoms with Gasteiger partial charge in [-0.2, -0.15) is 18.3 Å². The number of fused-ring (bicyclic) bond motifs is 1. The van der Waals surface area contributed by atoms with E-state index in [0.717, 1.165) is 22.1 Å². The maximum Gasteiger partial charge on any atom is 0.416 e. The largest absolute Gasteiger partial charge is 0.467 e. The van der Waals surface area contributed by atoms with E-state index in [-0.39, 0.29) is 24.4 Å². The van der Waals surface area contributed by atoms with Crippen LogP contribution >= 0.6 is 15.9 Å². The zero-order chi connectivity index (χ0) is 25.3. The number of amides is 1. The van der Waals surface area contributed by atoms with Crippen molar-refractivity contribution in [1.29, 1.82) is 0 Å². The SMILES string of the molecule is CCOCOc1cc(C(F)(F)F)cc(C)c1-c1ccc2c(Br)n(CC3CC(=O)N(CC)C3)nc2n1. The van der Waals surface area contributed by atoms with Crippen LogP contribution in [-0.2, 0) is 22.3 Å². The van der Waals surface area contributed by atoms with Crippen LogP contribution in [0.15, 0.2) is 28.9 Å². The number of benzene rings is 1. The molecule has 3 aromatic rings. The summed E-state index contributed by atoms with van der Waals surface area (Å²) in [6, 6.07) is 5.62. The Morgan fingerprint density at radius 3 is 2.66 bits per heavy atom. The van der Waals surface area contributed by atoms with Gasteiger partial charge in [-0.3, -0.25) is 9.48 Å². The van der Waals surface area contributed by atoms with Gasteiger partial charge in [-0.15, -0.1) is 0 Å². The summed E-state index contributed by atoms with van der Waals surface area (Å²) in [5, 5.41) is 5.38. The van der Waals surface area contributed by atoms with Crippen molar-refractivity contribution in [2.75, 3.05) is 26.5 Å². The van der Waals surface area contributed by atoms with E-state index in [2.05, 4.69) is 26.0 Å². The van der Waals surface area contributed by atoms with Crippen molar-refractivity contribution in [2.24, 2.45) is 5.92 Å². The molecule has 1 amide bonds.